The number of hydrogen-bond donors (Lipinski definition) is 0. The highest BCUT2D eigenvalue weighted by Crippen LogP contribution is 2.48. The van der Waals surface area contributed by atoms with Crippen molar-refractivity contribution in [2.45, 2.75) is 32.9 Å². The quantitative estimate of drug-likeness (QED) is 0.137. The van der Waals surface area contributed by atoms with E-state index < -0.39 is 50.5 Å². The van der Waals surface area contributed by atoms with Crippen LogP contribution in [0.25, 0.3) is 0 Å². The third-order valence-electron chi connectivity index (χ3n) is 4.17. The van der Waals surface area contributed by atoms with Gasteiger partial charge in [0.05, 0.1) is 23.4 Å². The monoisotopic (exact) mass is 371 g/mol. The molecule has 0 heterocycles. The van der Waals surface area contributed by atoms with Crippen LogP contribution in [0.5, 0.6) is 0 Å². The summed E-state index contributed by atoms with van der Waals surface area (Å²) in [5, 5.41) is 11.2. The van der Waals surface area contributed by atoms with Gasteiger partial charge in [0.2, 0.25) is 5.78 Å². The number of Topliss-reactive ketones (excluding diaryl/α,β-unsaturated/α-hetero) is 2. The van der Waals surface area contributed by atoms with Crippen LogP contribution < -0.4 is 0 Å². The highest BCUT2D eigenvalue weighted by atomic mass is 19.4. The van der Waals surface area contributed by atoms with Crippen molar-refractivity contribution in [3.05, 3.63) is 51.3 Å². The molecule has 1 aliphatic carbocycles. The first-order valence-corrected chi connectivity index (χ1v) is 7.78. The zero-order valence-corrected chi connectivity index (χ0v) is 14.1. The Morgan fingerprint density at radius 2 is 1.96 bits per heavy atom. The summed E-state index contributed by atoms with van der Waals surface area (Å²) < 4.78 is 43.4. The minimum Gasteiger partial charge on any atom is -0.501 e. The highest BCUT2D eigenvalue weighted by molar-refractivity contribution is 6.28. The Balaban J connectivity index is 2.51. The van der Waals surface area contributed by atoms with Crippen LogP contribution in [0, 0.1) is 15.5 Å². The molecule has 1 fully saturated rings. The topological polar surface area (TPSA) is 86.5 Å². The first kappa shape index (κ1) is 19.6. The van der Waals surface area contributed by atoms with Gasteiger partial charge in [0.1, 0.15) is 11.1 Å². The van der Waals surface area contributed by atoms with Gasteiger partial charge in [-0.25, -0.2) is 0 Å². The van der Waals surface area contributed by atoms with Crippen LogP contribution in [0.1, 0.15) is 42.6 Å². The van der Waals surface area contributed by atoms with Crippen LogP contribution in [-0.4, -0.2) is 23.1 Å². The number of nitro benzene ring substituents is 1. The molecule has 0 saturated heterocycles. The molecule has 0 bridgehead atoms. The van der Waals surface area contributed by atoms with E-state index in [-0.39, 0.29) is 12.7 Å². The zero-order chi connectivity index (χ0) is 19.7. The van der Waals surface area contributed by atoms with Crippen molar-refractivity contribution in [1.29, 1.82) is 0 Å². The average Bonchev–Trinajstić information content (AvgIpc) is 3.32. The summed E-state index contributed by atoms with van der Waals surface area (Å²) in [5.74, 6) is -1.57. The molecule has 0 atom stereocenters. The molecule has 26 heavy (non-hydrogen) atoms. The molecule has 0 N–H and O–H groups in total. The van der Waals surface area contributed by atoms with Crippen LogP contribution in [0.2, 0.25) is 0 Å². The highest BCUT2D eigenvalue weighted by Gasteiger charge is 2.48. The second-order valence-electron chi connectivity index (χ2n) is 6.19. The Hall–Kier alpha value is -2.71. The fourth-order valence-electron chi connectivity index (χ4n) is 2.31. The van der Waals surface area contributed by atoms with E-state index in [1.165, 1.54) is 0 Å². The van der Waals surface area contributed by atoms with E-state index >= 15 is 0 Å². The van der Waals surface area contributed by atoms with Gasteiger partial charge < -0.3 is 4.74 Å². The summed E-state index contributed by atoms with van der Waals surface area (Å²) in [7, 11) is 0. The Morgan fingerprint density at radius 1 is 1.35 bits per heavy atom. The van der Waals surface area contributed by atoms with Gasteiger partial charge in [-0.05, 0) is 31.9 Å². The first-order chi connectivity index (χ1) is 12.0. The lowest BCUT2D eigenvalue weighted by Crippen LogP contribution is -2.22. The van der Waals surface area contributed by atoms with Gasteiger partial charge in [0.25, 0.3) is 5.69 Å². The SMILES string of the molecule is CCO/C=C(\C(=O)c1ccc(C(F)(F)F)cc1[N+](=O)[O-])C(=O)C1(C)CC1. The largest absolute Gasteiger partial charge is 0.501 e. The molecule has 0 radical (unpaired) electrons. The molecule has 1 saturated carbocycles. The van der Waals surface area contributed by atoms with Gasteiger partial charge in [0, 0.05) is 11.5 Å². The maximum atomic E-state index is 12.8. The number of rotatable bonds is 7. The molecule has 0 amide bonds. The molecular formula is C17H16F3NO5. The van der Waals surface area contributed by atoms with E-state index in [1.807, 2.05) is 0 Å². The summed E-state index contributed by atoms with van der Waals surface area (Å²) in [6, 6.07) is 1.57. The second-order valence-corrected chi connectivity index (χ2v) is 6.19. The Morgan fingerprint density at radius 3 is 2.42 bits per heavy atom. The van der Waals surface area contributed by atoms with Crippen molar-refractivity contribution in [3.63, 3.8) is 0 Å². The fourth-order valence-corrected chi connectivity index (χ4v) is 2.31. The van der Waals surface area contributed by atoms with Crippen molar-refractivity contribution >= 4 is 17.3 Å². The fraction of sp³-hybridized carbons (Fsp3) is 0.412. The number of ether oxygens (including phenoxy) is 1. The number of halogens is 3. The Kier molecular flexibility index (Phi) is 5.20. The smallest absolute Gasteiger partial charge is 0.416 e. The summed E-state index contributed by atoms with van der Waals surface area (Å²) in [4.78, 5) is 35.3. The Labute approximate surface area is 146 Å². The molecule has 1 aromatic carbocycles. The van der Waals surface area contributed by atoms with Crippen molar-refractivity contribution < 1.29 is 32.4 Å². The summed E-state index contributed by atoms with van der Waals surface area (Å²) in [6.45, 7) is 3.40. The van der Waals surface area contributed by atoms with Crippen LogP contribution in [0.4, 0.5) is 18.9 Å². The zero-order valence-electron chi connectivity index (χ0n) is 14.1. The molecule has 0 aromatic heterocycles. The van der Waals surface area contributed by atoms with Crippen LogP contribution >= 0.6 is 0 Å². The summed E-state index contributed by atoms with van der Waals surface area (Å²) >= 11 is 0. The maximum absolute atomic E-state index is 12.8. The van der Waals surface area contributed by atoms with E-state index in [2.05, 4.69) is 0 Å². The Bertz CT molecular complexity index is 794. The number of nitrogens with zero attached hydrogens (tertiary/aromatic N) is 1. The van der Waals surface area contributed by atoms with E-state index in [1.54, 1.807) is 13.8 Å². The third-order valence-corrected chi connectivity index (χ3v) is 4.17. The number of carbonyl (C=O) groups excluding carboxylic acids is 2. The van der Waals surface area contributed by atoms with Gasteiger partial charge in [-0.3, -0.25) is 19.7 Å². The molecule has 0 aliphatic heterocycles. The second kappa shape index (κ2) is 6.89. The van der Waals surface area contributed by atoms with Gasteiger partial charge >= 0.3 is 6.18 Å². The minimum absolute atomic E-state index is 0.149. The van der Waals surface area contributed by atoms with Gasteiger partial charge in [0.15, 0.2) is 5.78 Å². The van der Waals surface area contributed by atoms with E-state index in [9.17, 15) is 32.9 Å². The molecule has 9 heteroatoms. The lowest BCUT2D eigenvalue weighted by Gasteiger charge is -2.12. The molecule has 1 aliphatic rings. The van der Waals surface area contributed by atoms with E-state index in [0.29, 0.717) is 25.0 Å². The van der Waals surface area contributed by atoms with Crippen molar-refractivity contribution in [2.75, 3.05) is 6.61 Å². The number of allylic oxidation sites excluding steroid dienone is 1. The molecule has 2 rings (SSSR count). The number of hydrogen-bond acceptors (Lipinski definition) is 5. The molecule has 0 unspecified atom stereocenters. The van der Waals surface area contributed by atoms with Gasteiger partial charge in [-0.1, -0.05) is 6.92 Å². The molecular weight excluding hydrogens is 355 g/mol. The summed E-state index contributed by atoms with van der Waals surface area (Å²) in [5.41, 5.74) is -4.02. The molecule has 1 aromatic rings. The number of benzene rings is 1. The van der Waals surface area contributed by atoms with Crippen LogP contribution in [0.3, 0.4) is 0 Å². The number of nitro groups is 1. The predicted octanol–water partition coefficient (Wildman–Crippen LogP) is 4.09. The number of ketones is 2. The van der Waals surface area contributed by atoms with Crippen molar-refractivity contribution in [3.8, 4) is 0 Å². The molecule has 0 spiro atoms. The lowest BCUT2D eigenvalue weighted by molar-refractivity contribution is -0.385. The van der Waals surface area contributed by atoms with Crippen LogP contribution in [-0.2, 0) is 15.7 Å². The number of alkyl halides is 3. The average molecular weight is 371 g/mol. The molecule has 140 valence electrons. The first-order valence-electron chi connectivity index (χ1n) is 7.78. The summed E-state index contributed by atoms with van der Waals surface area (Å²) in [6.07, 6.45) is -2.77. The van der Waals surface area contributed by atoms with Crippen molar-refractivity contribution in [1.82, 2.24) is 0 Å². The van der Waals surface area contributed by atoms with Crippen LogP contribution in [0.15, 0.2) is 30.0 Å². The molecule has 6 nitrogen and oxygen atoms in total. The van der Waals surface area contributed by atoms with E-state index in [0.717, 1.165) is 6.26 Å². The number of carbonyl (C=O) groups is 2. The normalized spacial score (nSPS) is 16.1. The minimum atomic E-state index is -4.80. The standard InChI is InChI=1S/C17H16F3NO5/c1-3-26-9-12(15(23)16(2)6-7-16)14(22)11-5-4-10(17(18,19)20)8-13(11)21(24)25/h4-5,8-9H,3,6-7H2,1-2H3/b12-9+. The van der Waals surface area contributed by atoms with Crippen molar-refractivity contribution in [2.24, 2.45) is 5.41 Å². The van der Waals surface area contributed by atoms with Gasteiger partial charge in [-0.2, -0.15) is 13.2 Å². The van der Waals surface area contributed by atoms with Gasteiger partial charge in [-0.15, -0.1) is 0 Å². The van der Waals surface area contributed by atoms with E-state index in [4.69, 9.17) is 4.74 Å². The third kappa shape index (κ3) is 3.92. The lowest BCUT2D eigenvalue weighted by atomic mass is 9.91. The predicted molar refractivity (Wildman–Crippen MR) is 84.5 cm³/mol. The maximum Gasteiger partial charge on any atom is 0.416 e.